The normalized spacial score (nSPS) is 9.56. The molecule has 0 saturated heterocycles. The zero-order valence-electron chi connectivity index (χ0n) is 4.50. The van der Waals surface area contributed by atoms with Crippen LogP contribution < -0.4 is 5.73 Å². The van der Waals surface area contributed by atoms with Crippen molar-refractivity contribution in [1.82, 2.24) is 5.73 Å². The van der Waals surface area contributed by atoms with E-state index in [0.717, 1.165) is 0 Å². The Morgan fingerprint density at radius 3 is 1.67 bits per heavy atom. The molecule has 0 fully saturated rings. The molecular formula is C4H6NO4. The number of carboxylic acid groups (broad SMARTS) is 2. The van der Waals surface area contributed by atoms with Gasteiger partial charge in [-0.25, -0.2) is 0 Å². The molecule has 3 N–H and O–H groups in total. The topological polar surface area (TPSA) is 98.4 Å². The molecule has 0 aromatic heterocycles. The van der Waals surface area contributed by atoms with E-state index in [1.807, 2.05) is 0 Å². The fourth-order valence-electron chi connectivity index (χ4n) is 0.280. The van der Waals surface area contributed by atoms with Gasteiger partial charge in [-0.05, 0) is 0 Å². The first-order valence-corrected chi connectivity index (χ1v) is 2.19. The summed E-state index contributed by atoms with van der Waals surface area (Å²) in [6, 6.07) is 0. The van der Waals surface area contributed by atoms with Crippen molar-refractivity contribution >= 4 is 11.9 Å². The maximum Gasteiger partial charge on any atom is 0.319 e. The standard InChI is InChI=1S/C4H6NO4/c5-1-2(3(6)7)4(8)9/h2,5H,1H2,(H,6,7)(H,8,9). The summed E-state index contributed by atoms with van der Waals surface area (Å²) < 4.78 is 0. The summed E-state index contributed by atoms with van der Waals surface area (Å²) in [6.45, 7) is -0.620. The SMILES string of the molecule is [NH]CC(C(=O)O)C(=O)O. The molecule has 1 radical (unpaired) electrons. The van der Waals surface area contributed by atoms with Crippen molar-refractivity contribution < 1.29 is 19.8 Å². The van der Waals surface area contributed by atoms with Gasteiger partial charge in [-0.15, -0.1) is 0 Å². The number of hydrogen-bond donors (Lipinski definition) is 2. The number of carbonyl (C=O) groups is 2. The zero-order chi connectivity index (χ0) is 7.44. The van der Waals surface area contributed by atoms with Crippen LogP contribution in [0.2, 0.25) is 0 Å². The van der Waals surface area contributed by atoms with Gasteiger partial charge in [-0.2, -0.15) is 0 Å². The van der Waals surface area contributed by atoms with E-state index < -0.39 is 24.4 Å². The van der Waals surface area contributed by atoms with E-state index in [1.54, 1.807) is 0 Å². The lowest BCUT2D eigenvalue weighted by Crippen LogP contribution is -2.27. The molecule has 0 aliphatic carbocycles. The Balaban J connectivity index is 3.99. The van der Waals surface area contributed by atoms with Crippen LogP contribution in [-0.2, 0) is 9.59 Å². The van der Waals surface area contributed by atoms with Crippen molar-refractivity contribution in [2.24, 2.45) is 5.92 Å². The van der Waals surface area contributed by atoms with Gasteiger partial charge in [-0.1, -0.05) is 0 Å². The Hall–Kier alpha value is -1.10. The molecule has 0 aromatic rings. The second-order valence-electron chi connectivity index (χ2n) is 1.43. The van der Waals surface area contributed by atoms with Crippen LogP contribution in [-0.4, -0.2) is 28.7 Å². The fraction of sp³-hybridized carbons (Fsp3) is 0.500. The van der Waals surface area contributed by atoms with Crippen LogP contribution in [0.15, 0.2) is 0 Å². The molecule has 0 aliphatic rings. The summed E-state index contributed by atoms with van der Waals surface area (Å²) >= 11 is 0. The van der Waals surface area contributed by atoms with Crippen LogP contribution >= 0.6 is 0 Å². The highest BCUT2D eigenvalue weighted by Gasteiger charge is 2.23. The highest BCUT2D eigenvalue weighted by molar-refractivity contribution is 5.93. The van der Waals surface area contributed by atoms with Gasteiger partial charge in [0, 0.05) is 6.54 Å². The second-order valence-corrected chi connectivity index (χ2v) is 1.43. The largest absolute Gasteiger partial charge is 0.481 e. The van der Waals surface area contributed by atoms with Crippen molar-refractivity contribution in [3.63, 3.8) is 0 Å². The molecule has 0 rings (SSSR count). The summed E-state index contributed by atoms with van der Waals surface area (Å²) in [7, 11) is 0. The third-order valence-electron chi connectivity index (χ3n) is 0.800. The number of aliphatic carboxylic acids is 2. The smallest absolute Gasteiger partial charge is 0.319 e. The molecule has 5 nitrogen and oxygen atoms in total. The minimum absolute atomic E-state index is 0.620. The van der Waals surface area contributed by atoms with Crippen LogP contribution in [0.25, 0.3) is 0 Å². The molecule has 51 valence electrons. The molecule has 0 unspecified atom stereocenters. The summed E-state index contributed by atoms with van der Waals surface area (Å²) in [5, 5.41) is 16.1. The predicted octanol–water partition coefficient (Wildman–Crippen LogP) is -0.945. The van der Waals surface area contributed by atoms with Gasteiger partial charge in [-0.3, -0.25) is 15.3 Å². The van der Waals surface area contributed by atoms with Gasteiger partial charge in [0.15, 0.2) is 5.92 Å². The summed E-state index contributed by atoms with van der Waals surface area (Å²) in [5.74, 6) is -4.50. The third-order valence-corrected chi connectivity index (χ3v) is 0.800. The van der Waals surface area contributed by atoms with Crippen LogP contribution in [0.5, 0.6) is 0 Å². The van der Waals surface area contributed by atoms with Crippen molar-refractivity contribution in [3.8, 4) is 0 Å². The van der Waals surface area contributed by atoms with Gasteiger partial charge < -0.3 is 10.2 Å². The molecule has 0 bridgehead atoms. The average Bonchev–Trinajstić information content (AvgIpc) is 1.64. The van der Waals surface area contributed by atoms with Gasteiger partial charge >= 0.3 is 11.9 Å². The summed E-state index contributed by atoms with van der Waals surface area (Å²) in [5.41, 5.74) is 6.46. The van der Waals surface area contributed by atoms with E-state index in [9.17, 15) is 9.59 Å². The number of hydrogen-bond acceptors (Lipinski definition) is 2. The fourth-order valence-corrected chi connectivity index (χ4v) is 0.280. The molecular weight excluding hydrogens is 126 g/mol. The van der Waals surface area contributed by atoms with Gasteiger partial charge in [0.2, 0.25) is 0 Å². The molecule has 9 heavy (non-hydrogen) atoms. The Kier molecular flexibility index (Phi) is 2.66. The molecule has 0 atom stereocenters. The number of nitrogens with one attached hydrogen (secondary N) is 1. The minimum Gasteiger partial charge on any atom is -0.481 e. The van der Waals surface area contributed by atoms with Crippen molar-refractivity contribution in [1.29, 1.82) is 0 Å². The summed E-state index contributed by atoms with van der Waals surface area (Å²) in [4.78, 5) is 19.7. The first kappa shape index (κ1) is 7.90. The Morgan fingerprint density at radius 1 is 1.33 bits per heavy atom. The van der Waals surface area contributed by atoms with Gasteiger partial charge in [0.05, 0.1) is 0 Å². The predicted molar refractivity (Wildman–Crippen MR) is 26.7 cm³/mol. The van der Waals surface area contributed by atoms with E-state index >= 15 is 0 Å². The Labute approximate surface area is 51.1 Å². The monoisotopic (exact) mass is 132 g/mol. The third kappa shape index (κ3) is 2.09. The lowest BCUT2D eigenvalue weighted by molar-refractivity contribution is -0.153. The molecule has 0 amide bonds. The molecule has 0 heterocycles. The molecule has 0 saturated carbocycles. The summed E-state index contributed by atoms with van der Waals surface area (Å²) in [6.07, 6.45) is 0. The number of carboxylic acids is 2. The zero-order valence-corrected chi connectivity index (χ0v) is 4.50. The Morgan fingerprint density at radius 2 is 1.67 bits per heavy atom. The second kappa shape index (κ2) is 3.03. The van der Waals surface area contributed by atoms with Crippen LogP contribution in [0.1, 0.15) is 0 Å². The van der Waals surface area contributed by atoms with E-state index in [0.29, 0.717) is 0 Å². The van der Waals surface area contributed by atoms with Crippen molar-refractivity contribution in [3.05, 3.63) is 0 Å². The lowest BCUT2D eigenvalue weighted by Gasteiger charge is -1.99. The van der Waals surface area contributed by atoms with Gasteiger partial charge in [0.1, 0.15) is 0 Å². The van der Waals surface area contributed by atoms with E-state index in [-0.39, 0.29) is 0 Å². The maximum atomic E-state index is 9.87. The minimum atomic E-state index is -1.58. The molecule has 5 heteroatoms. The quantitative estimate of drug-likeness (QED) is 0.484. The van der Waals surface area contributed by atoms with Crippen molar-refractivity contribution in [2.45, 2.75) is 0 Å². The van der Waals surface area contributed by atoms with E-state index in [4.69, 9.17) is 15.9 Å². The maximum absolute atomic E-state index is 9.87. The van der Waals surface area contributed by atoms with Crippen LogP contribution in [0, 0.1) is 5.92 Å². The first-order chi connectivity index (χ1) is 4.09. The lowest BCUT2D eigenvalue weighted by atomic mass is 10.1. The first-order valence-electron chi connectivity index (χ1n) is 2.19. The number of rotatable bonds is 3. The molecule has 0 aliphatic heterocycles. The Bertz CT molecular complexity index is 119. The van der Waals surface area contributed by atoms with Crippen LogP contribution in [0.3, 0.4) is 0 Å². The molecule has 0 aromatic carbocycles. The van der Waals surface area contributed by atoms with E-state index in [2.05, 4.69) is 0 Å². The highest BCUT2D eigenvalue weighted by Crippen LogP contribution is 1.92. The van der Waals surface area contributed by atoms with Crippen molar-refractivity contribution in [2.75, 3.05) is 6.54 Å². The highest BCUT2D eigenvalue weighted by atomic mass is 16.4. The van der Waals surface area contributed by atoms with Crippen LogP contribution in [0.4, 0.5) is 0 Å². The average molecular weight is 132 g/mol. The van der Waals surface area contributed by atoms with E-state index in [1.165, 1.54) is 0 Å². The van der Waals surface area contributed by atoms with Gasteiger partial charge in [0.25, 0.3) is 0 Å². The molecule has 0 spiro atoms.